The zero-order valence-corrected chi connectivity index (χ0v) is 14.3. The maximum Gasteiger partial charge on any atom is 0.338 e. The summed E-state index contributed by atoms with van der Waals surface area (Å²) in [4.78, 5) is 16.2. The quantitative estimate of drug-likeness (QED) is 0.656. The maximum atomic E-state index is 12.3. The van der Waals surface area contributed by atoms with Crippen molar-refractivity contribution in [1.82, 2.24) is 14.8 Å². The zero-order chi connectivity index (χ0) is 17.9. The molecule has 1 aliphatic heterocycles. The largest absolute Gasteiger partial charge is 0.467 e. The number of halogens is 1. The SMILES string of the molecule is O=C(OCc1cc(Cl)cc2c1OCOC2)c1ccc(-n2cncn2)cc1. The van der Waals surface area contributed by atoms with Crippen LogP contribution >= 0.6 is 11.6 Å². The third-order valence-electron chi connectivity index (χ3n) is 3.90. The number of carbonyl (C=O) groups excluding carboxylic acids is 1. The summed E-state index contributed by atoms with van der Waals surface area (Å²) in [5, 5.41) is 4.58. The van der Waals surface area contributed by atoms with Crippen molar-refractivity contribution >= 4 is 17.6 Å². The van der Waals surface area contributed by atoms with Crippen LogP contribution in [0.3, 0.4) is 0 Å². The van der Waals surface area contributed by atoms with Gasteiger partial charge in [-0.05, 0) is 36.4 Å². The van der Waals surface area contributed by atoms with Gasteiger partial charge in [0.1, 0.15) is 25.0 Å². The second-order valence-corrected chi connectivity index (χ2v) is 6.06. The molecule has 1 aromatic heterocycles. The van der Waals surface area contributed by atoms with Gasteiger partial charge in [0.05, 0.1) is 17.9 Å². The van der Waals surface area contributed by atoms with Crippen LogP contribution in [-0.4, -0.2) is 27.5 Å². The van der Waals surface area contributed by atoms with Crippen LogP contribution in [-0.2, 0) is 22.7 Å². The number of esters is 1. The molecule has 0 spiro atoms. The molecule has 26 heavy (non-hydrogen) atoms. The van der Waals surface area contributed by atoms with E-state index in [0.29, 0.717) is 28.5 Å². The van der Waals surface area contributed by atoms with Gasteiger partial charge in [-0.25, -0.2) is 14.5 Å². The summed E-state index contributed by atoms with van der Waals surface area (Å²) in [6.45, 7) is 0.645. The van der Waals surface area contributed by atoms with Crippen molar-refractivity contribution < 1.29 is 19.0 Å². The number of hydrogen-bond donors (Lipinski definition) is 0. The van der Waals surface area contributed by atoms with Crippen LogP contribution in [0.25, 0.3) is 5.69 Å². The summed E-state index contributed by atoms with van der Waals surface area (Å²) in [7, 11) is 0. The summed E-state index contributed by atoms with van der Waals surface area (Å²) >= 11 is 6.12. The number of benzene rings is 2. The lowest BCUT2D eigenvalue weighted by Gasteiger charge is -2.21. The molecule has 0 N–H and O–H groups in total. The lowest BCUT2D eigenvalue weighted by Crippen LogP contribution is -2.14. The van der Waals surface area contributed by atoms with E-state index in [4.69, 9.17) is 25.8 Å². The number of rotatable bonds is 4. The third-order valence-corrected chi connectivity index (χ3v) is 4.11. The first kappa shape index (κ1) is 16.6. The normalized spacial score (nSPS) is 13.0. The molecular weight excluding hydrogens is 358 g/mol. The van der Waals surface area contributed by atoms with Gasteiger partial charge >= 0.3 is 5.97 Å². The number of nitrogens with zero attached hydrogens (tertiary/aromatic N) is 3. The Morgan fingerprint density at radius 3 is 2.88 bits per heavy atom. The molecule has 0 aliphatic carbocycles. The molecule has 1 aliphatic rings. The van der Waals surface area contributed by atoms with Crippen LogP contribution in [0.1, 0.15) is 21.5 Å². The highest BCUT2D eigenvalue weighted by atomic mass is 35.5. The van der Waals surface area contributed by atoms with Crippen molar-refractivity contribution in [3.05, 3.63) is 70.8 Å². The third kappa shape index (κ3) is 3.40. The monoisotopic (exact) mass is 371 g/mol. The van der Waals surface area contributed by atoms with Crippen molar-refractivity contribution in [3.8, 4) is 11.4 Å². The molecule has 0 amide bonds. The van der Waals surface area contributed by atoms with Crippen LogP contribution < -0.4 is 4.74 Å². The van der Waals surface area contributed by atoms with Crippen molar-refractivity contribution in [1.29, 1.82) is 0 Å². The molecule has 0 bridgehead atoms. The Morgan fingerprint density at radius 1 is 1.27 bits per heavy atom. The minimum absolute atomic E-state index is 0.0621. The first-order valence-electron chi connectivity index (χ1n) is 7.85. The van der Waals surface area contributed by atoms with E-state index in [9.17, 15) is 4.79 Å². The molecule has 7 nitrogen and oxygen atoms in total. The van der Waals surface area contributed by atoms with Gasteiger partial charge in [-0.2, -0.15) is 5.10 Å². The Labute approximate surface area is 154 Å². The van der Waals surface area contributed by atoms with E-state index in [1.807, 2.05) is 0 Å². The highest BCUT2D eigenvalue weighted by Gasteiger charge is 2.18. The first-order valence-corrected chi connectivity index (χ1v) is 8.22. The van der Waals surface area contributed by atoms with Gasteiger partial charge in [0.25, 0.3) is 0 Å². The van der Waals surface area contributed by atoms with Gasteiger partial charge in [-0.3, -0.25) is 0 Å². The summed E-state index contributed by atoms with van der Waals surface area (Å²) < 4.78 is 17.8. The molecule has 0 saturated heterocycles. The van der Waals surface area contributed by atoms with E-state index < -0.39 is 5.97 Å². The van der Waals surface area contributed by atoms with Crippen molar-refractivity contribution in [2.24, 2.45) is 0 Å². The first-order chi connectivity index (χ1) is 12.7. The molecule has 0 unspecified atom stereocenters. The van der Waals surface area contributed by atoms with E-state index in [-0.39, 0.29) is 13.4 Å². The van der Waals surface area contributed by atoms with Gasteiger partial charge in [0, 0.05) is 16.1 Å². The second-order valence-electron chi connectivity index (χ2n) is 5.63. The van der Waals surface area contributed by atoms with Gasteiger partial charge in [-0.15, -0.1) is 0 Å². The van der Waals surface area contributed by atoms with E-state index in [1.165, 1.54) is 6.33 Å². The van der Waals surface area contributed by atoms with Gasteiger partial charge in [0.15, 0.2) is 6.79 Å². The number of hydrogen-bond acceptors (Lipinski definition) is 6. The van der Waals surface area contributed by atoms with Crippen LogP contribution in [0, 0.1) is 0 Å². The molecule has 2 aromatic carbocycles. The Balaban J connectivity index is 1.47. The van der Waals surface area contributed by atoms with Crippen LogP contribution in [0.4, 0.5) is 0 Å². The lowest BCUT2D eigenvalue weighted by molar-refractivity contribution is -0.0180. The fraction of sp³-hybridized carbons (Fsp3) is 0.167. The fourth-order valence-corrected chi connectivity index (χ4v) is 2.95. The van der Waals surface area contributed by atoms with Crippen molar-refractivity contribution in [3.63, 3.8) is 0 Å². The van der Waals surface area contributed by atoms with E-state index in [1.54, 1.807) is 47.4 Å². The molecular formula is C18H14ClN3O4. The predicted octanol–water partition coefficient (Wildman–Crippen LogP) is 3.14. The summed E-state index contributed by atoms with van der Waals surface area (Å²) in [6, 6.07) is 10.4. The number of aromatic nitrogens is 3. The van der Waals surface area contributed by atoms with Gasteiger partial charge in [0.2, 0.25) is 0 Å². The highest BCUT2D eigenvalue weighted by Crippen LogP contribution is 2.32. The van der Waals surface area contributed by atoms with Crippen LogP contribution in [0.15, 0.2) is 49.1 Å². The molecule has 3 aromatic rings. The molecule has 8 heteroatoms. The Hall–Kier alpha value is -2.90. The predicted molar refractivity (Wildman–Crippen MR) is 92.2 cm³/mol. The van der Waals surface area contributed by atoms with E-state index in [2.05, 4.69) is 10.1 Å². The van der Waals surface area contributed by atoms with E-state index in [0.717, 1.165) is 11.3 Å². The number of fused-ring (bicyclic) bond motifs is 1. The smallest absolute Gasteiger partial charge is 0.338 e. The molecule has 0 fully saturated rings. The second kappa shape index (κ2) is 7.15. The fourth-order valence-electron chi connectivity index (χ4n) is 2.68. The molecule has 132 valence electrons. The Bertz CT molecular complexity index is 926. The van der Waals surface area contributed by atoms with Crippen LogP contribution in [0.5, 0.6) is 5.75 Å². The van der Waals surface area contributed by atoms with Gasteiger partial charge < -0.3 is 14.2 Å². The standard InChI is InChI=1S/C18H14ClN3O4/c19-15-5-13-7-24-11-26-17(13)14(6-15)8-25-18(23)12-1-3-16(4-2-12)22-10-20-9-21-22/h1-6,9-10H,7-8,11H2. The lowest BCUT2D eigenvalue weighted by atomic mass is 10.1. The topological polar surface area (TPSA) is 75.5 Å². The zero-order valence-electron chi connectivity index (χ0n) is 13.6. The Kier molecular flexibility index (Phi) is 4.55. The maximum absolute atomic E-state index is 12.3. The molecule has 0 radical (unpaired) electrons. The highest BCUT2D eigenvalue weighted by molar-refractivity contribution is 6.30. The summed E-state index contributed by atoms with van der Waals surface area (Å²) in [5.41, 5.74) is 2.79. The Morgan fingerprint density at radius 2 is 2.12 bits per heavy atom. The molecule has 0 atom stereocenters. The minimum Gasteiger partial charge on any atom is -0.467 e. The molecule has 2 heterocycles. The number of ether oxygens (including phenoxy) is 3. The summed E-state index contributed by atoms with van der Waals surface area (Å²) in [5.74, 6) is 0.228. The van der Waals surface area contributed by atoms with Crippen LogP contribution in [0.2, 0.25) is 5.02 Å². The average molecular weight is 372 g/mol. The number of carbonyl (C=O) groups is 1. The minimum atomic E-state index is -0.434. The summed E-state index contributed by atoms with van der Waals surface area (Å²) in [6.07, 6.45) is 3.03. The molecule has 4 rings (SSSR count). The van der Waals surface area contributed by atoms with Crippen molar-refractivity contribution in [2.45, 2.75) is 13.2 Å². The molecule has 0 saturated carbocycles. The average Bonchev–Trinajstić information content (AvgIpc) is 3.20. The van der Waals surface area contributed by atoms with Crippen molar-refractivity contribution in [2.75, 3.05) is 6.79 Å². The van der Waals surface area contributed by atoms with Gasteiger partial charge in [-0.1, -0.05) is 11.6 Å². The van der Waals surface area contributed by atoms with E-state index >= 15 is 0 Å².